The van der Waals surface area contributed by atoms with Gasteiger partial charge in [-0.25, -0.2) is 0 Å². The number of hydrogen-bond donors (Lipinski definition) is 1. The molecule has 24 heavy (non-hydrogen) atoms. The number of rotatable bonds is 6. The Bertz CT molecular complexity index is 676. The molecule has 1 saturated heterocycles. The highest BCUT2D eigenvalue weighted by Gasteiger charge is 2.16. The van der Waals surface area contributed by atoms with Gasteiger partial charge in [0, 0.05) is 19.5 Å². The molecule has 2 aromatic carbocycles. The van der Waals surface area contributed by atoms with Crippen molar-refractivity contribution < 1.29 is 9.53 Å². The Morgan fingerprint density at radius 1 is 1.08 bits per heavy atom. The highest BCUT2D eigenvalue weighted by molar-refractivity contribution is 5.94. The van der Waals surface area contributed by atoms with Crippen LogP contribution < -0.4 is 15.0 Å². The standard InChI is InChI=1S/C20H24N2O2/c1-24-17-11-8-16(9-12-17)10-13-20(23)21-18-6-2-3-7-19(18)22-14-4-5-15-22/h2-3,6-9,11-12H,4-5,10,13-15H2,1H3,(H,21,23). The van der Waals surface area contributed by atoms with Gasteiger partial charge in [-0.1, -0.05) is 24.3 Å². The monoisotopic (exact) mass is 324 g/mol. The molecule has 4 heteroatoms. The van der Waals surface area contributed by atoms with Crippen LogP contribution in [0.15, 0.2) is 48.5 Å². The lowest BCUT2D eigenvalue weighted by Gasteiger charge is -2.21. The largest absolute Gasteiger partial charge is 0.497 e. The Kier molecular flexibility index (Phi) is 5.36. The lowest BCUT2D eigenvalue weighted by Crippen LogP contribution is -2.21. The van der Waals surface area contributed by atoms with Crippen molar-refractivity contribution in [3.8, 4) is 5.75 Å². The second-order valence-corrected chi connectivity index (χ2v) is 6.11. The summed E-state index contributed by atoms with van der Waals surface area (Å²) >= 11 is 0. The summed E-state index contributed by atoms with van der Waals surface area (Å²) in [4.78, 5) is 14.7. The molecule has 0 bridgehead atoms. The van der Waals surface area contributed by atoms with Gasteiger partial charge in [0.15, 0.2) is 0 Å². The van der Waals surface area contributed by atoms with E-state index in [1.165, 1.54) is 12.8 Å². The number of nitrogens with one attached hydrogen (secondary N) is 1. The Labute approximate surface area is 143 Å². The number of anilines is 2. The van der Waals surface area contributed by atoms with E-state index in [1.807, 2.05) is 42.5 Å². The van der Waals surface area contributed by atoms with Crippen molar-refractivity contribution in [1.29, 1.82) is 0 Å². The summed E-state index contributed by atoms with van der Waals surface area (Å²) in [5.41, 5.74) is 3.19. The maximum atomic E-state index is 12.3. The molecule has 0 radical (unpaired) electrons. The molecule has 1 N–H and O–H groups in total. The number of aryl methyl sites for hydroxylation is 1. The fourth-order valence-electron chi connectivity index (χ4n) is 3.08. The summed E-state index contributed by atoms with van der Waals surface area (Å²) < 4.78 is 5.15. The number of nitrogens with zero attached hydrogens (tertiary/aromatic N) is 1. The first kappa shape index (κ1) is 16.4. The van der Waals surface area contributed by atoms with Crippen LogP contribution in [0.1, 0.15) is 24.8 Å². The summed E-state index contributed by atoms with van der Waals surface area (Å²) in [7, 11) is 1.65. The quantitative estimate of drug-likeness (QED) is 0.877. The number of methoxy groups -OCH3 is 1. The predicted molar refractivity (Wildman–Crippen MR) is 97.8 cm³/mol. The molecule has 2 aromatic rings. The predicted octanol–water partition coefficient (Wildman–Crippen LogP) is 3.87. The first-order chi connectivity index (χ1) is 11.8. The average Bonchev–Trinajstić information content (AvgIpc) is 3.15. The van der Waals surface area contributed by atoms with Crippen molar-refractivity contribution in [2.75, 3.05) is 30.4 Å². The van der Waals surface area contributed by atoms with E-state index in [-0.39, 0.29) is 5.91 Å². The molecule has 4 nitrogen and oxygen atoms in total. The van der Waals surface area contributed by atoms with Gasteiger partial charge >= 0.3 is 0 Å². The second-order valence-electron chi connectivity index (χ2n) is 6.11. The van der Waals surface area contributed by atoms with Gasteiger partial charge in [0.25, 0.3) is 0 Å². The number of carbonyl (C=O) groups excluding carboxylic acids is 1. The number of benzene rings is 2. The molecular weight excluding hydrogens is 300 g/mol. The molecule has 3 rings (SSSR count). The van der Waals surface area contributed by atoms with E-state index in [9.17, 15) is 4.79 Å². The van der Waals surface area contributed by atoms with Crippen molar-refractivity contribution in [2.45, 2.75) is 25.7 Å². The Morgan fingerprint density at radius 2 is 1.79 bits per heavy atom. The summed E-state index contributed by atoms with van der Waals surface area (Å²) in [6.07, 6.45) is 3.64. The summed E-state index contributed by atoms with van der Waals surface area (Å²) in [6.45, 7) is 2.14. The summed E-state index contributed by atoms with van der Waals surface area (Å²) in [6, 6.07) is 15.9. The molecule has 0 aliphatic carbocycles. The van der Waals surface area contributed by atoms with Gasteiger partial charge < -0.3 is 15.0 Å². The summed E-state index contributed by atoms with van der Waals surface area (Å²) in [5.74, 6) is 0.889. The number of hydrogen-bond acceptors (Lipinski definition) is 3. The zero-order chi connectivity index (χ0) is 16.8. The number of amides is 1. The first-order valence-electron chi connectivity index (χ1n) is 8.53. The molecule has 126 valence electrons. The van der Waals surface area contributed by atoms with Gasteiger partial charge in [-0.2, -0.15) is 0 Å². The fourth-order valence-corrected chi connectivity index (χ4v) is 3.08. The zero-order valence-corrected chi connectivity index (χ0v) is 14.1. The minimum Gasteiger partial charge on any atom is -0.497 e. The molecule has 1 heterocycles. The van der Waals surface area contributed by atoms with Crippen LogP contribution in [0.2, 0.25) is 0 Å². The average molecular weight is 324 g/mol. The van der Waals surface area contributed by atoms with E-state index in [1.54, 1.807) is 7.11 Å². The molecule has 0 unspecified atom stereocenters. The van der Waals surface area contributed by atoms with Gasteiger partial charge in [-0.05, 0) is 49.1 Å². The van der Waals surface area contributed by atoms with Gasteiger partial charge in [0.1, 0.15) is 5.75 Å². The maximum absolute atomic E-state index is 12.3. The lowest BCUT2D eigenvalue weighted by atomic mass is 10.1. The number of carbonyl (C=O) groups is 1. The van der Waals surface area contributed by atoms with E-state index in [2.05, 4.69) is 16.3 Å². The van der Waals surface area contributed by atoms with E-state index in [4.69, 9.17) is 4.74 Å². The van der Waals surface area contributed by atoms with Crippen molar-refractivity contribution in [1.82, 2.24) is 0 Å². The van der Waals surface area contributed by atoms with E-state index in [0.717, 1.165) is 42.2 Å². The molecule has 1 fully saturated rings. The first-order valence-corrected chi connectivity index (χ1v) is 8.53. The maximum Gasteiger partial charge on any atom is 0.224 e. The Morgan fingerprint density at radius 3 is 2.50 bits per heavy atom. The van der Waals surface area contributed by atoms with Crippen molar-refractivity contribution in [3.05, 3.63) is 54.1 Å². The van der Waals surface area contributed by atoms with Crippen LogP contribution in [-0.2, 0) is 11.2 Å². The van der Waals surface area contributed by atoms with E-state index < -0.39 is 0 Å². The summed E-state index contributed by atoms with van der Waals surface area (Å²) in [5, 5.41) is 3.07. The minimum atomic E-state index is 0.0532. The van der Waals surface area contributed by atoms with Gasteiger partial charge in [0.2, 0.25) is 5.91 Å². The van der Waals surface area contributed by atoms with Crippen LogP contribution in [0.3, 0.4) is 0 Å². The lowest BCUT2D eigenvalue weighted by molar-refractivity contribution is -0.116. The SMILES string of the molecule is COc1ccc(CCC(=O)Nc2ccccc2N2CCCC2)cc1. The molecule has 0 atom stereocenters. The molecule has 1 aliphatic rings. The van der Waals surface area contributed by atoms with Crippen LogP contribution in [0.5, 0.6) is 5.75 Å². The van der Waals surface area contributed by atoms with E-state index >= 15 is 0 Å². The Hall–Kier alpha value is -2.49. The second kappa shape index (κ2) is 7.86. The van der Waals surface area contributed by atoms with Gasteiger partial charge in [-0.15, -0.1) is 0 Å². The topological polar surface area (TPSA) is 41.6 Å². The number of ether oxygens (including phenoxy) is 1. The van der Waals surface area contributed by atoms with Gasteiger partial charge in [-0.3, -0.25) is 4.79 Å². The van der Waals surface area contributed by atoms with Crippen LogP contribution in [0.25, 0.3) is 0 Å². The normalized spacial score (nSPS) is 13.8. The third kappa shape index (κ3) is 4.07. The fraction of sp³-hybridized carbons (Fsp3) is 0.350. The zero-order valence-electron chi connectivity index (χ0n) is 14.1. The van der Waals surface area contributed by atoms with Crippen molar-refractivity contribution in [3.63, 3.8) is 0 Å². The molecule has 0 aromatic heterocycles. The van der Waals surface area contributed by atoms with Crippen LogP contribution in [0, 0.1) is 0 Å². The number of para-hydroxylation sites is 2. The van der Waals surface area contributed by atoms with Crippen LogP contribution in [0.4, 0.5) is 11.4 Å². The van der Waals surface area contributed by atoms with Crippen molar-refractivity contribution >= 4 is 17.3 Å². The highest BCUT2D eigenvalue weighted by Crippen LogP contribution is 2.28. The molecule has 1 amide bonds. The smallest absolute Gasteiger partial charge is 0.224 e. The third-order valence-corrected chi connectivity index (χ3v) is 4.42. The molecule has 0 spiro atoms. The van der Waals surface area contributed by atoms with Gasteiger partial charge in [0.05, 0.1) is 18.5 Å². The third-order valence-electron chi connectivity index (χ3n) is 4.42. The molecular formula is C20H24N2O2. The molecule has 0 saturated carbocycles. The highest BCUT2D eigenvalue weighted by atomic mass is 16.5. The van der Waals surface area contributed by atoms with Crippen LogP contribution >= 0.6 is 0 Å². The Balaban J connectivity index is 1.58. The van der Waals surface area contributed by atoms with E-state index in [0.29, 0.717) is 6.42 Å². The van der Waals surface area contributed by atoms with Crippen LogP contribution in [-0.4, -0.2) is 26.1 Å². The van der Waals surface area contributed by atoms with Crippen molar-refractivity contribution in [2.24, 2.45) is 0 Å². The minimum absolute atomic E-state index is 0.0532. The molecule has 1 aliphatic heterocycles.